The van der Waals surface area contributed by atoms with Crippen molar-refractivity contribution < 1.29 is 9.50 Å². The number of aliphatic hydroxyl groups excluding tert-OH is 1. The second-order valence-electron chi connectivity index (χ2n) is 2.23. The van der Waals surface area contributed by atoms with E-state index in [1.807, 2.05) is 0 Å². The molecule has 0 aliphatic heterocycles. The van der Waals surface area contributed by atoms with E-state index in [0.29, 0.717) is 11.3 Å². The van der Waals surface area contributed by atoms with Gasteiger partial charge < -0.3 is 10.8 Å². The molecule has 0 unspecified atom stereocenters. The smallest absolute Gasteiger partial charge is 0.126 e. The summed E-state index contributed by atoms with van der Waals surface area (Å²) in [6.07, 6.45) is 0. The van der Waals surface area contributed by atoms with Crippen molar-refractivity contribution in [1.82, 2.24) is 0 Å². The lowest BCUT2D eigenvalue weighted by molar-refractivity contribution is 0.350. The predicted molar refractivity (Wildman–Crippen MR) is 44.8 cm³/mol. The van der Waals surface area contributed by atoms with Gasteiger partial charge in [-0.05, 0) is 18.2 Å². The first-order valence-corrected chi connectivity index (χ1v) is 3.38. The van der Waals surface area contributed by atoms with E-state index in [-0.39, 0.29) is 6.61 Å². The number of anilines is 1. The lowest BCUT2D eigenvalue weighted by Crippen LogP contribution is -1.88. The number of aliphatic hydroxyl groups is 1. The zero-order valence-electron chi connectivity index (χ0n) is 6.34. The molecule has 62 valence electrons. The zero-order valence-corrected chi connectivity index (χ0v) is 6.34. The van der Waals surface area contributed by atoms with E-state index in [0.717, 1.165) is 0 Å². The molecule has 0 saturated heterocycles. The third-order valence-corrected chi connectivity index (χ3v) is 1.23. The van der Waals surface area contributed by atoms with Crippen LogP contribution in [0.15, 0.2) is 18.2 Å². The molecule has 0 fully saturated rings. The van der Waals surface area contributed by atoms with Crippen LogP contribution in [-0.2, 0) is 0 Å². The molecule has 0 heterocycles. The van der Waals surface area contributed by atoms with Crippen molar-refractivity contribution in [3.05, 3.63) is 29.6 Å². The lowest BCUT2D eigenvalue weighted by Gasteiger charge is -1.94. The van der Waals surface area contributed by atoms with Gasteiger partial charge in [0.15, 0.2) is 0 Å². The minimum atomic E-state index is -0.419. The number of benzene rings is 1. The zero-order chi connectivity index (χ0) is 8.97. The highest BCUT2D eigenvalue weighted by Crippen LogP contribution is 2.09. The molecule has 1 aromatic carbocycles. The van der Waals surface area contributed by atoms with Gasteiger partial charge in [0.2, 0.25) is 0 Å². The van der Waals surface area contributed by atoms with E-state index in [1.165, 1.54) is 12.1 Å². The summed E-state index contributed by atoms with van der Waals surface area (Å²) in [7, 11) is 0. The van der Waals surface area contributed by atoms with Crippen LogP contribution < -0.4 is 5.73 Å². The van der Waals surface area contributed by atoms with Crippen LogP contribution in [-0.4, -0.2) is 11.7 Å². The van der Waals surface area contributed by atoms with Crippen LogP contribution in [0, 0.1) is 17.7 Å². The molecule has 3 N–H and O–H groups in total. The molecule has 0 radical (unpaired) electrons. The fourth-order valence-corrected chi connectivity index (χ4v) is 0.826. The highest BCUT2D eigenvalue weighted by molar-refractivity contribution is 5.47. The Kier molecular flexibility index (Phi) is 2.67. The Morgan fingerprint density at radius 3 is 2.75 bits per heavy atom. The number of nitrogens with two attached hydrogens (primary N) is 1. The summed E-state index contributed by atoms with van der Waals surface area (Å²) in [4.78, 5) is 0. The van der Waals surface area contributed by atoms with Crippen molar-refractivity contribution in [2.45, 2.75) is 0 Å². The van der Waals surface area contributed by atoms with Gasteiger partial charge in [0.25, 0.3) is 0 Å². The van der Waals surface area contributed by atoms with E-state index in [4.69, 9.17) is 10.8 Å². The van der Waals surface area contributed by atoms with E-state index in [1.54, 1.807) is 6.07 Å². The molecule has 0 aliphatic carbocycles. The summed E-state index contributed by atoms with van der Waals surface area (Å²) in [6, 6.07) is 4.02. The van der Waals surface area contributed by atoms with Crippen LogP contribution in [0.25, 0.3) is 0 Å². The Morgan fingerprint density at radius 1 is 1.42 bits per heavy atom. The summed E-state index contributed by atoms with van der Waals surface area (Å²) in [5.74, 6) is 4.54. The standard InChI is InChI=1S/C9H8FNO/c10-8-4-7(2-1-3-12)5-9(11)6-8/h4-6,12H,3,11H2. The molecule has 0 bridgehead atoms. The van der Waals surface area contributed by atoms with Crippen LogP contribution in [0.5, 0.6) is 0 Å². The van der Waals surface area contributed by atoms with Gasteiger partial charge in [-0.3, -0.25) is 0 Å². The van der Waals surface area contributed by atoms with Crippen molar-refractivity contribution in [3.8, 4) is 11.8 Å². The lowest BCUT2D eigenvalue weighted by atomic mass is 10.2. The monoisotopic (exact) mass is 165 g/mol. The highest BCUT2D eigenvalue weighted by Gasteiger charge is 1.94. The average molecular weight is 165 g/mol. The molecular weight excluding hydrogens is 157 g/mol. The van der Waals surface area contributed by atoms with Gasteiger partial charge in [0.05, 0.1) is 0 Å². The first kappa shape index (κ1) is 8.57. The van der Waals surface area contributed by atoms with E-state index >= 15 is 0 Å². The summed E-state index contributed by atoms with van der Waals surface area (Å²) in [5.41, 5.74) is 6.17. The van der Waals surface area contributed by atoms with Gasteiger partial charge >= 0.3 is 0 Å². The Hall–Kier alpha value is -1.53. The minimum Gasteiger partial charge on any atom is -0.399 e. The van der Waals surface area contributed by atoms with Crippen LogP contribution in [0.2, 0.25) is 0 Å². The second-order valence-corrected chi connectivity index (χ2v) is 2.23. The molecule has 0 aliphatic rings. The summed E-state index contributed by atoms with van der Waals surface area (Å²) >= 11 is 0. The normalized spacial score (nSPS) is 8.83. The van der Waals surface area contributed by atoms with E-state index < -0.39 is 5.82 Å². The van der Waals surface area contributed by atoms with Crippen molar-refractivity contribution in [2.75, 3.05) is 12.3 Å². The average Bonchev–Trinajstić information content (AvgIpc) is 1.99. The SMILES string of the molecule is Nc1cc(F)cc(C#CCO)c1. The first-order chi connectivity index (χ1) is 5.72. The Labute approximate surface area is 69.8 Å². The second kappa shape index (κ2) is 3.74. The fraction of sp³-hybridized carbons (Fsp3) is 0.111. The molecule has 0 saturated carbocycles. The largest absolute Gasteiger partial charge is 0.399 e. The van der Waals surface area contributed by atoms with Crippen LogP contribution in [0.4, 0.5) is 10.1 Å². The van der Waals surface area contributed by atoms with Gasteiger partial charge in [0, 0.05) is 11.3 Å². The van der Waals surface area contributed by atoms with Gasteiger partial charge in [-0.1, -0.05) is 11.8 Å². The van der Waals surface area contributed by atoms with Gasteiger partial charge in [0.1, 0.15) is 12.4 Å². The van der Waals surface area contributed by atoms with E-state index in [9.17, 15) is 4.39 Å². The summed E-state index contributed by atoms with van der Waals surface area (Å²) in [6.45, 7) is -0.240. The van der Waals surface area contributed by atoms with Crippen molar-refractivity contribution in [3.63, 3.8) is 0 Å². The maximum atomic E-state index is 12.6. The molecule has 1 rings (SSSR count). The number of rotatable bonds is 0. The maximum Gasteiger partial charge on any atom is 0.126 e. The summed E-state index contributed by atoms with van der Waals surface area (Å²) in [5, 5.41) is 8.37. The Morgan fingerprint density at radius 2 is 2.17 bits per heavy atom. The van der Waals surface area contributed by atoms with Crippen LogP contribution in [0.3, 0.4) is 0 Å². The number of hydrogen-bond donors (Lipinski definition) is 2. The number of halogens is 1. The van der Waals surface area contributed by atoms with Crippen LogP contribution in [0.1, 0.15) is 5.56 Å². The molecule has 0 atom stereocenters. The molecular formula is C9H8FNO. The van der Waals surface area contributed by atoms with Crippen molar-refractivity contribution >= 4 is 5.69 Å². The summed E-state index contributed by atoms with van der Waals surface area (Å²) < 4.78 is 12.6. The molecule has 3 heteroatoms. The molecule has 1 aromatic rings. The molecule has 12 heavy (non-hydrogen) atoms. The van der Waals surface area contributed by atoms with Crippen LogP contribution >= 0.6 is 0 Å². The van der Waals surface area contributed by atoms with Gasteiger partial charge in [-0.25, -0.2) is 4.39 Å². The number of hydrogen-bond acceptors (Lipinski definition) is 2. The van der Waals surface area contributed by atoms with Gasteiger partial charge in [-0.2, -0.15) is 0 Å². The van der Waals surface area contributed by atoms with E-state index in [2.05, 4.69) is 11.8 Å². The fourth-order valence-electron chi connectivity index (χ4n) is 0.826. The van der Waals surface area contributed by atoms with Crippen molar-refractivity contribution in [2.24, 2.45) is 0 Å². The molecule has 0 spiro atoms. The number of nitrogen functional groups attached to an aromatic ring is 1. The quantitative estimate of drug-likeness (QED) is 0.440. The van der Waals surface area contributed by atoms with Crippen molar-refractivity contribution in [1.29, 1.82) is 0 Å². The molecule has 0 amide bonds. The first-order valence-electron chi connectivity index (χ1n) is 3.38. The predicted octanol–water partition coefficient (Wildman–Crippen LogP) is 0.752. The minimum absolute atomic E-state index is 0.240. The molecule has 2 nitrogen and oxygen atoms in total. The van der Waals surface area contributed by atoms with Gasteiger partial charge in [-0.15, -0.1) is 0 Å². The Bertz CT molecular complexity index is 318. The highest BCUT2D eigenvalue weighted by atomic mass is 19.1. The third kappa shape index (κ3) is 2.26. The Balaban J connectivity index is 3.01. The maximum absolute atomic E-state index is 12.6. The third-order valence-electron chi connectivity index (χ3n) is 1.23. The molecule has 0 aromatic heterocycles. The topological polar surface area (TPSA) is 46.2 Å².